The maximum Gasteiger partial charge on any atom is 0.119 e. The summed E-state index contributed by atoms with van der Waals surface area (Å²) in [5.41, 5.74) is 0. The minimum atomic E-state index is 0.783. The van der Waals surface area contributed by atoms with Crippen LogP contribution in [0.1, 0.15) is 39.0 Å². The average molecular weight is 261 g/mol. The second kappa shape index (κ2) is 8.21. The Morgan fingerprint density at radius 1 is 1.21 bits per heavy atom. The summed E-state index contributed by atoms with van der Waals surface area (Å²) in [4.78, 5) is 0. The lowest BCUT2D eigenvalue weighted by atomic mass is 9.88. The molecule has 1 saturated carbocycles. The fraction of sp³-hybridized carbons (Fsp3) is 0.647. The Morgan fingerprint density at radius 3 is 2.63 bits per heavy atom. The summed E-state index contributed by atoms with van der Waals surface area (Å²) in [6.45, 7) is 5.25. The van der Waals surface area contributed by atoms with Gasteiger partial charge in [0.25, 0.3) is 0 Å². The van der Waals surface area contributed by atoms with Crippen LogP contribution in [0.5, 0.6) is 5.75 Å². The van der Waals surface area contributed by atoms with E-state index in [2.05, 4.69) is 12.2 Å². The van der Waals surface area contributed by atoms with Gasteiger partial charge >= 0.3 is 0 Å². The van der Waals surface area contributed by atoms with Crippen molar-refractivity contribution in [2.75, 3.05) is 19.7 Å². The van der Waals surface area contributed by atoms with Crippen molar-refractivity contribution in [3.8, 4) is 5.75 Å². The third kappa shape index (κ3) is 4.87. The molecule has 1 aliphatic carbocycles. The Balaban J connectivity index is 1.75. The van der Waals surface area contributed by atoms with Gasteiger partial charge in [0.2, 0.25) is 0 Å². The quantitative estimate of drug-likeness (QED) is 0.767. The number of nitrogens with one attached hydrogen (secondary N) is 1. The summed E-state index contributed by atoms with van der Waals surface area (Å²) < 4.78 is 5.85. The normalized spacial score (nSPS) is 17.5. The van der Waals surface area contributed by atoms with Crippen LogP contribution in [-0.4, -0.2) is 19.7 Å². The molecular formula is C17H27NO. The summed E-state index contributed by atoms with van der Waals surface area (Å²) in [5.74, 6) is 2.70. The molecule has 106 valence electrons. The highest BCUT2D eigenvalue weighted by Crippen LogP contribution is 2.32. The minimum Gasteiger partial charge on any atom is -0.494 e. The van der Waals surface area contributed by atoms with Gasteiger partial charge in [-0.05, 0) is 43.5 Å². The highest BCUT2D eigenvalue weighted by molar-refractivity contribution is 5.20. The molecule has 1 unspecified atom stereocenters. The zero-order valence-electron chi connectivity index (χ0n) is 12.1. The second-order valence-corrected chi connectivity index (χ2v) is 5.56. The largest absolute Gasteiger partial charge is 0.494 e. The zero-order chi connectivity index (χ0) is 13.3. The lowest BCUT2D eigenvalue weighted by molar-refractivity contribution is 0.230. The monoisotopic (exact) mass is 261 g/mol. The zero-order valence-corrected chi connectivity index (χ0v) is 12.1. The van der Waals surface area contributed by atoms with Crippen molar-refractivity contribution in [3.05, 3.63) is 30.3 Å². The molecule has 1 aromatic rings. The second-order valence-electron chi connectivity index (χ2n) is 5.56. The summed E-state index contributed by atoms with van der Waals surface area (Å²) in [6, 6.07) is 10.2. The van der Waals surface area contributed by atoms with E-state index in [0.717, 1.165) is 37.3 Å². The van der Waals surface area contributed by atoms with Gasteiger partial charge in [-0.1, -0.05) is 50.8 Å². The number of hydrogen-bond acceptors (Lipinski definition) is 2. The molecule has 0 spiro atoms. The molecule has 0 bridgehead atoms. The Bertz CT molecular complexity index is 332. The molecule has 1 aliphatic rings. The number of ether oxygens (including phenoxy) is 1. The summed E-state index contributed by atoms with van der Waals surface area (Å²) in [6.07, 6.45) is 6.86. The van der Waals surface area contributed by atoms with E-state index < -0.39 is 0 Å². The fourth-order valence-corrected chi connectivity index (χ4v) is 3.11. The van der Waals surface area contributed by atoms with Gasteiger partial charge in [0, 0.05) is 0 Å². The topological polar surface area (TPSA) is 21.3 Å². The van der Waals surface area contributed by atoms with Crippen LogP contribution >= 0.6 is 0 Å². The van der Waals surface area contributed by atoms with E-state index in [4.69, 9.17) is 4.74 Å². The predicted octanol–water partition coefficient (Wildman–Crippen LogP) is 3.87. The lowest BCUT2D eigenvalue weighted by Crippen LogP contribution is -2.28. The number of para-hydroxylation sites is 1. The number of hydrogen-bond donors (Lipinski definition) is 1. The maximum absolute atomic E-state index is 5.85. The van der Waals surface area contributed by atoms with Crippen molar-refractivity contribution < 1.29 is 4.74 Å². The van der Waals surface area contributed by atoms with Gasteiger partial charge in [-0.15, -0.1) is 0 Å². The van der Waals surface area contributed by atoms with Crippen LogP contribution in [0, 0.1) is 11.8 Å². The summed E-state index contributed by atoms with van der Waals surface area (Å²) >= 11 is 0. The molecule has 19 heavy (non-hydrogen) atoms. The first-order valence-electron chi connectivity index (χ1n) is 7.78. The summed E-state index contributed by atoms with van der Waals surface area (Å²) in [5, 5.41) is 3.52. The fourth-order valence-electron chi connectivity index (χ4n) is 3.11. The molecule has 0 radical (unpaired) electrons. The summed E-state index contributed by atoms with van der Waals surface area (Å²) in [7, 11) is 0. The van der Waals surface area contributed by atoms with Gasteiger partial charge in [0.05, 0.1) is 6.61 Å². The van der Waals surface area contributed by atoms with Gasteiger partial charge in [-0.2, -0.15) is 0 Å². The first-order chi connectivity index (χ1) is 9.40. The number of benzene rings is 1. The van der Waals surface area contributed by atoms with Crippen LogP contribution in [-0.2, 0) is 0 Å². The lowest BCUT2D eigenvalue weighted by Gasteiger charge is -2.23. The smallest absolute Gasteiger partial charge is 0.119 e. The maximum atomic E-state index is 5.85. The average Bonchev–Trinajstić information content (AvgIpc) is 2.98. The van der Waals surface area contributed by atoms with Crippen LogP contribution in [0.3, 0.4) is 0 Å². The molecule has 1 N–H and O–H groups in total. The molecule has 1 fully saturated rings. The van der Waals surface area contributed by atoms with Crippen LogP contribution < -0.4 is 10.1 Å². The molecule has 0 aromatic heterocycles. The minimum absolute atomic E-state index is 0.783. The Kier molecular flexibility index (Phi) is 6.22. The van der Waals surface area contributed by atoms with Crippen molar-refractivity contribution in [2.45, 2.75) is 39.0 Å². The van der Waals surface area contributed by atoms with Crippen LogP contribution in [0.4, 0.5) is 0 Å². The molecule has 2 nitrogen and oxygen atoms in total. The van der Waals surface area contributed by atoms with Crippen molar-refractivity contribution in [2.24, 2.45) is 11.8 Å². The van der Waals surface area contributed by atoms with Gasteiger partial charge in [0.1, 0.15) is 5.75 Å². The molecular weight excluding hydrogens is 234 g/mol. The van der Waals surface area contributed by atoms with E-state index in [1.165, 1.54) is 32.1 Å². The molecule has 0 amide bonds. The van der Waals surface area contributed by atoms with Crippen molar-refractivity contribution in [1.29, 1.82) is 0 Å². The first kappa shape index (κ1) is 14.4. The molecule has 2 heteroatoms. The van der Waals surface area contributed by atoms with Crippen molar-refractivity contribution in [3.63, 3.8) is 0 Å². The standard InChI is InChI=1S/C17H27NO/c1-2-18-14-16(15-8-6-7-9-15)12-13-19-17-10-4-3-5-11-17/h3-5,10-11,15-16,18H,2,6-9,12-14H2,1H3. The van der Waals surface area contributed by atoms with E-state index >= 15 is 0 Å². The first-order valence-corrected chi connectivity index (χ1v) is 7.78. The van der Waals surface area contributed by atoms with E-state index in [-0.39, 0.29) is 0 Å². The Labute approximate surface area is 117 Å². The third-order valence-corrected chi connectivity index (χ3v) is 4.22. The van der Waals surface area contributed by atoms with E-state index in [0.29, 0.717) is 0 Å². The van der Waals surface area contributed by atoms with Gasteiger partial charge < -0.3 is 10.1 Å². The van der Waals surface area contributed by atoms with Gasteiger partial charge in [0.15, 0.2) is 0 Å². The number of rotatable bonds is 8. The van der Waals surface area contributed by atoms with Crippen molar-refractivity contribution >= 4 is 0 Å². The molecule has 1 aromatic carbocycles. The SMILES string of the molecule is CCNCC(CCOc1ccccc1)C1CCCC1. The van der Waals surface area contributed by atoms with Gasteiger partial charge in [-0.25, -0.2) is 0 Å². The van der Waals surface area contributed by atoms with E-state index in [1.807, 2.05) is 30.3 Å². The molecule has 2 rings (SSSR count). The van der Waals surface area contributed by atoms with E-state index in [1.54, 1.807) is 0 Å². The predicted molar refractivity (Wildman–Crippen MR) is 80.5 cm³/mol. The van der Waals surface area contributed by atoms with Crippen LogP contribution in [0.25, 0.3) is 0 Å². The highest BCUT2D eigenvalue weighted by atomic mass is 16.5. The Morgan fingerprint density at radius 2 is 1.95 bits per heavy atom. The van der Waals surface area contributed by atoms with Crippen molar-refractivity contribution in [1.82, 2.24) is 5.32 Å². The Hall–Kier alpha value is -1.02. The van der Waals surface area contributed by atoms with Crippen LogP contribution in [0.15, 0.2) is 30.3 Å². The molecule has 1 atom stereocenters. The van der Waals surface area contributed by atoms with Gasteiger partial charge in [-0.3, -0.25) is 0 Å². The highest BCUT2D eigenvalue weighted by Gasteiger charge is 2.24. The third-order valence-electron chi connectivity index (χ3n) is 4.22. The molecule has 0 heterocycles. The van der Waals surface area contributed by atoms with E-state index in [9.17, 15) is 0 Å². The molecule has 0 saturated heterocycles. The molecule has 0 aliphatic heterocycles. The van der Waals surface area contributed by atoms with Crippen LogP contribution in [0.2, 0.25) is 0 Å².